The molecule has 0 saturated carbocycles. The number of hydrogen-bond donors (Lipinski definition) is 1. The second-order valence-corrected chi connectivity index (χ2v) is 4.28. The van der Waals surface area contributed by atoms with E-state index < -0.39 is 0 Å². The molecule has 5 heteroatoms. The molecular formula is C13H15N3O2. The van der Waals surface area contributed by atoms with E-state index in [4.69, 9.17) is 9.26 Å². The van der Waals surface area contributed by atoms with E-state index in [1.165, 1.54) is 0 Å². The number of hydrogen-bond acceptors (Lipinski definition) is 5. The first-order chi connectivity index (χ1) is 8.92. The number of benzene rings is 1. The molecule has 1 atom stereocenters. The highest BCUT2D eigenvalue weighted by molar-refractivity contribution is 5.53. The van der Waals surface area contributed by atoms with Gasteiger partial charge in [-0.3, -0.25) is 0 Å². The van der Waals surface area contributed by atoms with Crippen molar-refractivity contribution in [3.8, 4) is 11.4 Å². The Morgan fingerprint density at radius 1 is 1.28 bits per heavy atom. The van der Waals surface area contributed by atoms with Gasteiger partial charge >= 0.3 is 0 Å². The van der Waals surface area contributed by atoms with Crippen LogP contribution in [0.1, 0.15) is 5.89 Å². The summed E-state index contributed by atoms with van der Waals surface area (Å²) in [6.45, 7) is 2.49. The number of nitrogens with zero attached hydrogens (tertiary/aromatic N) is 2. The van der Waals surface area contributed by atoms with Crippen LogP contribution in [0.4, 0.5) is 0 Å². The quantitative estimate of drug-likeness (QED) is 0.882. The topological polar surface area (TPSA) is 60.2 Å². The van der Waals surface area contributed by atoms with E-state index in [2.05, 4.69) is 15.5 Å². The lowest BCUT2D eigenvalue weighted by molar-refractivity contribution is 0.0246. The van der Waals surface area contributed by atoms with Gasteiger partial charge in [0.15, 0.2) is 0 Å². The van der Waals surface area contributed by atoms with E-state index >= 15 is 0 Å². The summed E-state index contributed by atoms with van der Waals surface area (Å²) >= 11 is 0. The third kappa shape index (κ3) is 2.57. The van der Waals surface area contributed by atoms with E-state index in [1.807, 2.05) is 30.3 Å². The SMILES string of the molecule is c1ccc(-c2noc(CC3CNCCO3)n2)cc1. The molecule has 1 N–H and O–H groups in total. The standard InChI is InChI=1S/C13H15N3O2/c1-2-4-10(5-3-1)13-15-12(18-16-13)8-11-9-14-6-7-17-11/h1-5,11,14H,6-9H2. The van der Waals surface area contributed by atoms with Crippen molar-refractivity contribution in [2.45, 2.75) is 12.5 Å². The normalized spacial score (nSPS) is 19.9. The number of nitrogens with one attached hydrogen (secondary N) is 1. The van der Waals surface area contributed by atoms with E-state index in [1.54, 1.807) is 0 Å². The van der Waals surface area contributed by atoms with Gasteiger partial charge in [-0.05, 0) is 0 Å². The van der Waals surface area contributed by atoms with Crippen LogP contribution >= 0.6 is 0 Å². The molecule has 5 nitrogen and oxygen atoms in total. The zero-order valence-electron chi connectivity index (χ0n) is 10.0. The molecule has 18 heavy (non-hydrogen) atoms. The van der Waals surface area contributed by atoms with E-state index in [-0.39, 0.29) is 6.10 Å². The summed E-state index contributed by atoms with van der Waals surface area (Å²) in [6.07, 6.45) is 0.787. The molecule has 1 unspecified atom stereocenters. The van der Waals surface area contributed by atoms with Gasteiger partial charge in [0.2, 0.25) is 11.7 Å². The van der Waals surface area contributed by atoms with Gasteiger partial charge in [0.1, 0.15) is 0 Å². The largest absolute Gasteiger partial charge is 0.375 e. The molecule has 0 spiro atoms. The van der Waals surface area contributed by atoms with Crippen LogP contribution in [0.25, 0.3) is 11.4 Å². The molecular weight excluding hydrogens is 230 g/mol. The van der Waals surface area contributed by atoms with Crippen LogP contribution in [0, 0.1) is 0 Å². The Morgan fingerprint density at radius 3 is 2.94 bits per heavy atom. The second-order valence-electron chi connectivity index (χ2n) is 4.28. The first-order valence-corrected chi connectivity index (χ1v) is 6.12. The van der Waals surface area contributed by atoms with Gasteiger partial charge in [0, 0.05) is 18.7 Å². The first-order valence-electron chi connectivity index (χ1n) is 6.12. The fraction of sp³-hybridized carbons (Fsp3) is 0.385. The maximum absolute atomic E-state index is 5.61. The molecule has 1 aliphatic rings. The molecule has 2 heterocycles. The maximum Gasteiger partial charge on any atom is 0.229 e. The van der Waals surface area contributed by atoms with Gasteiger partial charge in [-0.25, -0.2) is 0 Å². The molecule has 1 fully saturated rings. The van der Waals surface area contributed by atoms with Gasteiger partial charge < -0.3 is 14.6 Å². The van der Waals surface area contributed by atoms with Crippen molar-refractivity contribution in [3.63, 3.8) is 0 Å². The van der Waals surface area contributed by atoms with Gasteiger partial charge in [0.25, 0.3) is 0 Å². The lowest BCUT2D eigenvalue weighted by atomic mass is 10.2. The summed E-state index contributed by atoms with van der Waals surface area (Å²) in [5.41, 5.74) is 0.968. The molecule has 1 aliphatic heterocycles. The van der Waals surface area contributed by atoms with Crippen molar-refractivity contribution in [2.75, 3.05) is 19.7 Å². The molecule has 2 aromatic rings. The minimum absolute atomic E-state index is 0.128. The lowest BCUT2D eigenvalue weighted by Gasteiger charge is -2.21. The smallest absolute Gasteiger partial charge is 0.229 e. The third-order valence-corrected chi connectivity index (χ3v) is 2.91. The summed E-state index contributed by atoms with van der Waals surface area (Å²) in [7, 11) is 0. The summed E-state index contributed by atoms with van der Waals surface area (Å²) in [5, 5.41) is 7.27. The fourth-order valence-corrected chi connectivity index (χ4v) is 1.99. The van der Waals surface area contributed by atoms with Crippen LogP contribution in [-0.2, 0) is 11.2 Å². The number of rotatable bonds is 3. The Morgan fingerprint density at radius 2 is 2.17 bits per heavy atom. The van der Waals surface area contributed by atoms with Crippen LogP contribution < -0.4 is 5.32 Å². The average Bonchev–Trinajstić information content (AvgIpc) is 2.89. The van der Waals surface area contributed by atoms with E-state index in [9.17, 15) is 0 Å². The second kappa shape index (κ2) is 5.29. The van der Waals surface area contributed by atoms with Crippen molar-refractivity contribution in [2.24, 2.45) is 0 Å². The Balaban J connectivity index is 1.69. The third-order valence-electron chi connectivity index (χ3n) is 2.91. The lowest BCUT2D eigenvalue weighted by Crippen LogP contribution is -2.39. The molecule has 1 saturated heterocycles. The summed E-state index contributed by atoms with van der Waals surface area (Å²) in [5.74, 6) is 1.26. The van der Waals surface area contributed by atoms with Crippen LogP contribution in [0.15, 0.2) is 34.9 Å². The number of aromatic nitrogens is 2. The van der Waals surface area contributed by atoms with Gasteiger partial charge in [-0.1, -0.05) is 35.5 Å². The highest BCUT2D eigenvalue weighted by Gasteiger charge is 2.18. The van der Waals surface area contributed by atoms with E-state index in [0.717, 1.165) is 25.3 Å². The molecule has 0 aliphatic carbocycles. The van der Waals surface area contributed by atoms with Crippen molar-refractivity contribution in [3.05, 3.63) is 36.2 Å². The molecule has 1 aromatic heterocycles. The van der Waals surface area contributed by atoms with Crippen molar-refractivity contribution in [1.29, 1.82) is 0 Å². The summed E-state index contributed by atoms with van der Waals surface area (Å²) < 4.78 is 10.9. The van der Waals surface area contributed by atoms with Gasteiger partial charge in [0.05, 0.1) is 19.1 Å². The summed E-state index contributed by atoms with van der Waals surface area (Å²) in [4.78, 5) is 4.39. The predicted octanol–water partition coefficient (Wildman–Crippen LogP) is 1.27. The molecule has 0 amide bonds. The van der Waals surface area contributed by atoms with Gasteiger partial charge in [-0.15, -0.1) is 0 Å². The number of morpholine rings is 1. The minimum Gasteiger partial charge on any atom is -0.375 e. The Labute approximate surface area is 105 Å². The molecule has 0 bridgehead atoms. The Kier molecular flexibility index (Phi) is 3.34. The van der Waals surface area contributed by atoms with Crippen LogP contribution in [0.2, 0.25) is 0 Å². The number of ether oxygens (including phenoxy) is 1. The van der Waals surface area contributed by atoms with Crippen molar-refractivity contribution >= 4 is 0 Å². The molecule has 0 radical (unpaired) electrons. The predicted molar refractivity (Wildman–Crippen MR) is 66.0 cm³/mol. The van der Waals surface area contributed by atoms with E-state index in [0.29, 0.717) is 18.1 Å². The maximum atomic E-state index is 5.61. The van der Waals surface area contributed by atoms with Crippen molar-refractivity contribution < 1.29 is 9.26 Å². The van der Waals surface area contributed by atoms with Crippen LogP contribution in [-0.4, -0.2) is 35.9 Å². The van der Waals surface area contributed by atoms with Crippen LogP contribution in [0.3, 0.4) is 0 Å². The van der Waals surface area contributed by atoms with Crippen molar-refractivity contribution in [1.82, 2.24) is 15.5 Å². The molecule has 3 rings (SSSR count). The van der Waals surface area contributed by atoms with Crippen LogP contribution in [0.5, 0.6) is 0 Å². The zero-order valence-corrected chi connectivity index (χ0v) is 10.0. The molecule has 94 valence electrons. The minimum atomic E-state index is 0.128. The fourth-order valence-electron chi connectivity index (χ4n) is 1.99. The highest BCUT2D eigenvalue weighted by Crippen LogP contribution is 2.16. The highest BCUT2D eigenvalue weighted by atomic mass is 16.5. The van der Waals surface area contributed by atoms with Gasteiger partial charge in [-0.2, -0.15) is 4.98 Å². The first kappa shape index (κ1) is 11.4. The summed E-state index contributed by atoms with van der Waals surface area (Å²) in [6, 6.07) is 9.81. The Bertz CT molecular complexity index is 492. The molecule has 1 aromatic carbocycles. The Hall–Kier alpha value is -1.72. The zero-order chi connectivity index (χ0) is 12.2. The average molecular weight is 245 g/mol. The monoisotopic (exact) mass is 245 g/mol.